The SMILES string of the molecule is Cc1cc(CNC(=O)C(NC(=O)CC(C)C)C(C)C)ccc1F. The highest BCUT2D eigenvalue weighted by Gasteiger charge is 2.24. The predicted octanol–water partition coefficient (Wildman–Crippen LogP) is 2.94. The minimum Gasteiger partial charge on any atom is -0.350 e. The average molecular weight is 322 g/mol. The molecule has 2 amide bonds. The van der Waals surface area contributed by atoms with Crippen LogP contribution in [0.5, 0.6) is 0 Å². The lowest BCUT2D eigenvalue weighted by atomic mass is 10.0. The van der Waals surface area contributed by atoms with E-state index in [2.05, 4.69) is 10.6 Å². The number of hydrogen-bond donors (Lipinski definition) is 2. The summed E-state index contributed by atoms with van der Waals surface area (Å²) in [5.41, 5.74) is 1.37. The molecule has 0 fully saturated rings. The zero-order chi connectivity index (χ0) is 17.6. The zero-order valence-electron chi connectivity index (χ0n) is 14.6. The number of halogens is 1. The van der Waals surface area contributed by atoms with E-state index in [1.807, 2.05) is 27.7 Å². The highest BCUT2D eigenvalue weighted by molar-refractivity contribution is 5.87. The predicted molar refractivity (Wildman–Crippen MR) is 89.2 cm³/mol. The first-order valence-corrected chi connectivity index (χ1v) is 8.02. The molecule has 0 saturated heterocycles. The van der Waals surface area contributed by atoms with E-state index in [1.54, 1.807) is 19.1 Å². The molecular formula is C18H27FN2O2. The molecule has 1 atom stereocenters. The Morgan fingerprint density at radius 2 is 1.83 bits per heavy atom. The van der Waals surface area contributed by atoms with Gasteiger partial charge in [-0.2, -0.15) is 0 Å². The molecule has 0 aliphatic rings. The normalized spacial score (nSPS) is 12.3. The van der Waals surface area contributed by atoms with Crippen LogP contribution < -0.4 is 10.6 Å². The van der Waals surface area contributed by atoms with Crippen LogP contribution in [0.3, 0.4) is 0 Å². The maximum Gasteiger partial charge on any atom is 0.243 e. The van der Waals surface area contributed by atoms with Gasteiger partial charge < -0.3 is 10.6 Å². The number of hydrogen-bond acceptors (Lipinski definition) is 2. The summed E-state index contributed by atoms with van der Waals surface area (Å²) in [4.78, 5) is 24.2. The van der Waals surface area contributed by atoms with E-state index in [-0.39, 0.29) is 29.5 Å². The van der Waals surface area contributed by atoms with Crippen LogP contribution in [0.25, 0.3) is 0 Å². The van der Waals surface area contributed by atoms with E-state index in [1.165, 1.54) is 6.07 Å². The van der Waals surface area contributed by atoms with Crippen LogP contribution in [0.2, 0.25) is 0 Å². The fourth-order valence-corrected chi connectivity index (χ4v) is 2.25. The van der Waals surface area contributed by atoms with Gasteiger partial charge in [-0.15, -0.1) is 0 Å². The fraction of sp³-hybridized carbons (Fsp3) is 0.556. The van der Waals surface area contributed by atoms with Crippen LogP contribution in [0.15, 0.2) is 18.2 Å². The Hall–Kier alpha value is -1.91. The van der Waals surface area contributed by atoms with Crippen molar-refractivity contribution in [1.82, 2.24) is 10.6 Å². The highest BCUT2D eigenvalue weighted by Crippen LogP contribution is 2.10. The van der Waals surface area contributed by atoms with Crippen LogP contribution in [-0.2, 0) is 16.1 Å². The smallest absolute Gasteiger partial charge is 0.243 e. The molecule has 0 aromatic heterocycles. The van der Waals surface area contributed by atoms with Crippen LogP contribution in [-0.4, -0.2) is 17.9 Å². The lowest BCUT2D eigenvalue weighted by Gasteiger charge is -2.22. The second kappa shape index (κ2) is 8.65. The van der Waals surface area contributed by atoms with Crippen molar-refractivity contribution in [3.05, 3.63) is 35.1 Å². The third-order valence-electron chi connectivity index (χ3n) is 3.55. The molecule has 0 aliphatic heterocycles. The van der Waals surface area contributed by atoms with E-state index < -0.39 is 6.04 Å². The molecule has 4 nitrogen and oxygen atoms in total. The Kier molecular flexibility index (Phi) is 7.20. The lowest BCUT2D eigenvalue weighted by molar-refractivity contribution is -0.130. The van der Waals surface area contributed by atoms with Crippen LogP contribution >= 0.6 is 0 Å². The molecule has 0 spiro atoms. The number of rotatable bonds is 7. The summed E-state index contributed by atoms with van der Waals surface area (Å²) < 4.78 is 13.2. The summed E-state index contributed by atoms with van der Waals surface area (Å²) in [6.45, 7) is 9.69. The lowest BCUT2D eigenvalue weighted by Crippen LogP contribution is -2.49. The highest BCUT2D eigenvalue weighted by atomic mass is 19.1. The first-order chi connectivity index (χ1) is 10.7. The zero-order valence-corrected chi connectivity index (χ0v) is 14.6. The molecule has 23 heavy (non-hydrogen) atoms. The summed E-state index contributed by atoms with van der Waals surface area (Å²) in [5, 5.41) is 5.60. The summed E-state index contributed by atoms with van der Waals surface area (Å²) in [7, 11) is 0. The molecule has 0 aliphatic carbocycles. The summed E-state index contributed by atoms with van der Waals surface area (Å²) in [5.74, 6) is -0.374. The molecule has 2 N–H and O–H groups in total. The van der Waals surface area contributed by atoms with Crippen molar-refractivity contribution in [3.63, 3.8) is 0 Å². The number of benzene rings is 1. The van der Waals surface area contributed by atoms with Crippen molar-refractivity contribution < 1.29 is 14.0 Å². The van der Waals surface area contributed by atoms with Gasteiger partial charge in [0.1, 0.15) is 11.9 Å². The van der Waals surface area contributed by atoms with E-state index in [4.69, 9.17) is 0 Å². The van der Waals surface area contributed by atoms with Crippen LogP contribution in [0.1, 0.15) is 45.2 Å². The van der Waals surface area contributed by atoms with E-state index >= 15 is 0 Å². The van der Waals surface area contributed by atoms with Crippen molar-refractivity contribution in [2.45, 2.75) is 53.6 Å². The van der Waals surface area contributed by atoms with Gasteiger partial charge in [0, 0.05) is 13.0 Å². The number of nitrogens with one attached hydrogen (secondary N) is 2. The van der Waals surface area contributed by atoms with Gasteiger partial charge in [-0.25, -0.2) is 4.39 Å². The molecule has 0 saturated carbocycles. The van der Waals surface area contributed by atoms with Gasteiger partial charge in [-0.3, -0.25) is 9.59 Å². The third-order valence-corrected chi connectivity index (χ3v) is 3.55. The number of carbonyl (C=O) groups excluding carboxylic acids is 2. The second-order valence-electron chi connectivity index (χ2n) is 6.69. The Balaban J connectivity index is 2.63. The minimum atomic E-state index is -0.567. The fourth-order valence-electron chi connectivity index (χ4n) is 2.25. The van der Waals surface area contributed by atoms with Gasteiger partial charge in [0.2, 0.25) is 11.8 Å². The molecule has 1 rings (SSSR count). The number of carbonyl (C=O) groups is 2. The molecule has 1 aromatic carbocycles. The Morgan fingerprint density at radius 3 is 2.35 bits per heavy atom. The molecule has 5 heteroatoms. The third kappa shape index (κ3) is 6.38. The van der Waals surface area contributed by atoms with E-state index in [0.717, 1.165) is 5.56 Å². The summed E-state index contributed by atoms with van der Waals surface area (Å²) >= 11 is 0. The van der Waals surface area contributed by atoms with Crippen LogP contribution in [0.4, 0.5) is 4.39 Å². The van der Waals surface area contributed by atoms with Gasteiger partial charge in [0.15, 0.2) is 0 Å². The van der Waals surface area contributed by atoms with Crippen molar-refractivity contribution in [3.8, 4) is 0 Å². The minimum absolute atomic E-state index is 0.0129. The number of aryl methyl sites for hydroxylation is 1. The Bertz CT molecular complexity index is 556. The topological polar surface area (TPSA) is 58.2 Å². The largest absolute Gasteiger partial charge is 0.350 e. The van der Waals surface area contributed by atoms with Crippen LogP contribution in [0, 0.1) is 24.6 Å². The summed E-state index contributed by atoms with van der Waals surface area (Å²) in [6, 6.07) is 4.17. The Morgan fingerprint density at radius 1 is 1.17 bits per heavy atom. The molecule has 1 aromatic rings. The van der Waals surface area contributed by atoms with Crippen molar-refractivity contribution in [2.24, 2.45) is 11.8 Å². The van der Waals surface area contributed by atoms with E-state index in [9.17, 15) is 14.0 Å². The molecule has 128 valence electrons. The van der Waals surface area contributed by atoms with E-state index in [0.29, 0.717) is 18.5 Å². The standard InChI is InChI=1S/C18H27FN2O2/c1-11(2)8-16(22)21-17(12(3)4)18(23)20-10-14-6-7-15(19)13(5)9-14/h6-7,9,11-12,17H,8,10H2,1-5H3,(H,20,23)(H,21,22). The van der Waals surface area contributed by atoms with Gasteiger partial charge in [-0.1, -0.05) is 39.8 Å². The molecule has 0 bridgehead atoms. The summed E-state index contributed by atoms with van der Waals surface area (Å²) in [6.07, 6.45) is 0.396. The van der Waals surface area contributed by atoms with Gasteiger partial charge in [-0.05, 0) is 36.0 Å². The maximum atomic E-state index is 13.2. The van der Waals surface area contributed by atoms with Crippen molar-refractivity contribution >= 4 is 11.8 Å². The van der Waals surface area contributed by atoms with Crippen molar-refractivity contribution in [2.75, 3.05) is 0 Å². The number of amides is 2. The monoisotopic (exact) mass is 322 g/mol. The van der Waals surface area contributed by atoms with Gasteiger partial charge in [0.25, 0.3) is 0 Å². The Labute approximate surface area is 137 Å². The molecule has 1 unspecified atom stereocenters. The van der Waals surface area contributed by atoms with Gasteiger partial charge >= 0.3 is 0 Å². The molecule has 0 heterocycles. The second-order valence-corrected chi connectivity index (χ2v) is 6.69. The van der Waals surface area contributed by atoms with Gasteiger partial charge in [0.05, 0.1) is 0 Å². The first kappa shape index (κ1) is 19.1. The molecular weight excluding hydrogens is 295 g/mol. The molecule has 0 radical (unpaired) electrons. The van der Waals surface area contributed by atoms with Crippen molar-refractivity contribution in [1.29, 1.82) is 0 Å². The average Bonchev–Trinajstić information content (AvgIpc) is 2.44. The quantitative estimate of drug-likeness (QED) is 0.811. The first-order valence-electron chi connectivity index (χ1n) is 8.02. The maximum absolute atomic E-state index is 13.2.